The normalized spacial score (nSPS) is 18.0. The number of rotatable bonds is 7. The van der Waals surface area contributed by atoms with E-state index in [1.165, 1.54) is 0 Å². The third-order valence-electron chi connectivity index (χ3n) is 6.07. The maximum Gasteiger partial charge on any atom is 0.303 e. The average molecular weight is 490 g/mol. The quantitative estimate of drug-likeness (QED) is 0.425. The van der Waals surface area contributed by atoms with E-state index in [2.05, 4.69) is 15.5 Å². The Morgan fingerprint density at radius 2 is 1.65 bits per heavy atom. The van der Waals surface area contributed by atoms with Gasteiger partial charge in [-0.1, -0.05) is 23.5 Å². The van der Waals surface area contributed by atoms with Gasteiger partial charge in [0, 0.05) is 24.5 Å². The van der Waals surface area contributed by atoms with E-state index in [0.29, 0.717) is 22.6 Å². The first-order valence-electron chi connectivity index (χ1n) is 10.9. The van der Waals surface area contributed by atoms with Crippen molar-refractivity contribution in [3.63, 3.8) is 0 Å². The molecule has 1 saturated carbocycles. The van der Waals surface area contributed by atoms with Gasteiger partial charge in [0.15, 0.2) is 11.6 Å². The van der Waals surface area contributed by atoms with Crippen molar-refractivity contribution in [2.75, 3.05) is 5.32 Å². The van der Waals surface area contributed by atoms with Crippen LogP contribution in [0.1, 0.15) is 64.5 Å². The highest BCUT2D eigenvalue weighted by atomic mass is 32.1. The average Bonchev–Trinajstić information content (AvgIpc) is 3.24. The lowest BCUT2D eigenvalue weighted by Crippen LogP contribution is -2.16. The van der Waals surface area contributed by atoms with Gasteiger partial charge in [-0.05, 0) is 66.8 Å². The van der Waals surface area contributed by atoms with Crippen LogP contribution in [-0.4, -0.2) is 27.2 Å². The molecule has 2 aromatic carbocycles. The number of hydrogen-bond donors (Lipinski definition) is 2. The molecule has 34 heavy (non-hydrogen) atoms. The zero-order valence-corrected chi connectivity index (χ0v) is 18.9. The summed E-state index contributed by atoms with van der Waals surface area (Å²) in [5.74, 6) is -3.83. The number of nitrogens with one attached hydrogen (secondary N) is 1. The molecule has 1 aliphatic rings. The molecule has 10 heteroatoms. The Bertz CT molecular complexity index is 1190. The Morgan fingerprint density at radius 1 is 0.971 bits per heavy atom. The van der Waals surface area contributed by atoms with Crippen molar-refractivity contribution in [1.29, 1.82) is 0 Å². The van der Waals surface area contributed by atoms with Gasteiger partial charge in [-0.3, -0.25) is 14.9 Å². The topological polar surface area (TPSA) is 92.2 Å². The van der Waals surface area contributed by atoms with Gasteiger partial charge in [-0.2, -0.15) is 0 Å². The molecule has 1 heterocycles. The number of carboxylic acids is 1. The van der Waals surface area contributed by atoms with Crippen LogP contribution >= 0.6 is 11.3 Å². The Labute approximate surface area is 197 Å². The number of benzene rings is 2. The first-order valence-corrected chi connectivity index (χ1v) is 11.7. The van der Waals surface area contributed by atoms with E-state index in [0.717, 1.165) is 48.6 Å². The third kappa shape index (κ3) is 5.80. The molecule has 0 unspecified atom stereocenters. The number of aromatic nitrogens is 2. The van der Waals surface area contributed by atoms with Gasteiger partial charge in [0.25, 0.3) is 5.91 Å². The number of nitrogens with zero attached hydrogens (tertiary/aromatic N) is 2. The predicted octanol–water partition coefficient (Wildman–Crippen LogP) is 5.55. The van der Waals surface area contributed by atoms with Gasteiger partial charge in [-0.15, -0.1) is 10.2 Å². The lowest BCUT2D eigenvalue weighted by Gasteiger charge is -2.28. The van der Waals surface area contributed by atoms with Crippen LogP contribution < -0.4 is 5.32 Å². The smallest absolute Gasteiger partial charge is 0.303 e. The number of halogens is 3. The first-order chi connectivity index (χ1) is 16.3. The molecule has 3 aromatic rings. The van der Waals surface area contributed by atoms with Crippen LogP contribution in [0.5, 0.6) is 0 Å². The van der Waals surface area contributed by atoms with Gasteiger partial charge in [0.1, 0.15) is 10.8 Å². The van der Waals surface area contributed by atoms with Crippen LogP contribution in [0, 0.1) is 23.4 Å². The van der Waals surface area contributed by atoms with Crippen molar-refractivity contribution in [3.05, 3.63) is 75.5 Å². The summed E-state index contributed by atoms with van der Waals surface area (Å²) in [6.07, 6.45) is 3.75. The Morgan fingerprint density at radius 3 is 2.32 bits per heavy atom. The summed E-state index contributed by atoms with van der Waals surface area (Å²) in [4.78, 5) is 23.5. The van der Waals surface area contributed by atoms with Gasteiger partial charge < -0.3 is 5.11 Å². The van der Waals surface area contributed by atoms with Crippen molar-refractivity contribution in [2.24, 2.45) is 5.92 Å². The molecule has 4 rings (SSSR count). The summed E-state index contributed by atoms with van der Waals surface area (Å²) >= 11 is 1.02. The molecule has 1 aromatic heterocycles. The fourth-order valence-corrected chi connectivity index (χ4v) is 5.02. The van der Waals surface area contributed by atoms with Crippen LogP contribution in [0.3, 0.4) is 0 Å². The number of anilines is 1. The second-order valence-corrected chi connectivity index (χ2v) is 9.49. The van der Waals surface area contributed by atoms with Crippen molar-refractivity contribution in [2.45, 2.75) is 44.4 Å². The van der Waals surface area contributed by atoms with Crippen molar-refractivity contribution >= 4 is 28.3 Å². The van der Waals surface area contributed by atoms with E-state index in [1.807, 2.05) is 12.1 Å². The number of carboxylic acid groups (broad SMARTS) is 1. The molecule has 1 aliphatic carbocycles. The maximum atomic E-state index is 13.8. The van der Waals surface area contributed by atoms with E-state index in [1.54, 1.807) is 12.1 Å². The Hall–Kier alpha value is -3.27. The second-order valence-electron chi connectivity index (χ2n) is 8.43. The Kier molecular flexibility index (Phi) is 7.26. The second kappa shape index (κ2) is 10.3. The van der Waals surface area contributed by atoms with E-state index >= 15 is 0 Å². The van der Waals surface area contributed by atoms with Crippen LogP contribution in [0.2, 0.25) is 0 Å². The lowest BCUT2D eigenvalue weighted by molar-refractivity contribution is -0.138. The largest absolute Gasteiger partial charge is 0.481 e. The zero-order chi connectivity index (χ0) is 24.2. The molecule has 0 spiro atoms. The van der Waals surface area contributed by atoms with Crippen LogP contribution in [-0.2, 0) is 11.2 Å². The third-order valence-corrected chi connectivity index (χ3v) is 6.91. The number of carbonyl (C=O) groups excluding carboxylic acids is 1. The monoisotopic (exact) mass is 489 g/mol. The maximum absolute atomic E-state index is 13.8. The molecule has 2 N–H and O–H groups in total. The SMILES string of the molecule is O=C(O)CC1CCC(c2ccc(C(=O)Nc3nnc(Cc4cc(F)c(F)cc4F)s3)cc2)CC1. The predicted molar refractivity (Wildman–Crippen MR) is 120 cm³/mol. The van der Waals surface area contributed by atoms with Crippen molar-refractivity contribution in [1.82, 2.24) is 10.2 Å². The lowest BCUT2D eigenvalue weighted by atomic mass is 9.77. The highest BCUT2D eigenvalue weighted by molar-refractivity contribution is 7.15. The number of aliphatic carboxylic acids is 1. The minimum Gasteiger partial charge on any atom is -0.481 e. The molecule has 178 valence electrons. The molecule has 6 nitrogen and oxygen atoms in total. The molecule has 1 amide bonds. The van der Waals surface area contributed by atoms with Crippen LogP contribution in [0.4, 0.5) is 18.3 Å². The minimum atomic E-state index is -1.26. The molecule has 0 bridgehead atoms. The van der Waals surface area contributed by atoms with Gasteiger partial charge in [0.2, 0.25) is 5.13 Å². The molecule has 0 radical (unpaired) electrons. The molecular weight excluding hydrogens is 467 g/mol. The fraction of sp³-hybridized carbons (Fsp3) is 0.333. The minimum absolute atomic E-state index is 0.0551. The molecule has 0 atom stereocenters. The van der Waals surface area contributed by atoms with Crippen LogP contribution in [0.25, 0.3) is 0 Å². The fourth-order valence-electron chi connectivity index (χ4n) is 4.26. The van der Waals surface area contributed by atoms with Crippen molar-refractivity contribution in [3.8, 4) is 0 Å². The van der Waals surface area contributed by atoms with Gasteiger partial charge in [-0.25, -0.2) is 13.2 Å². The molecule has 0 saturated heterocycles. The van der Waals surface area contributed by atoms with E-state index < -0.39 is 23.4 Å². The number of amides is 1. The summed E-state index contributed by atoms with van der Waals surface area (Å²) in [6.45, 7) is 0. The van der Waals surface area contributed by atoms with Crippen molar-refractivity contribution < 1.29 is 27.9 Å². The number of hydrogen-bond acceptors (Lipinski definition) is 5. The number of carbonyl (C=O) groups is 2. The highest BCUT2D eigenvalue weighted by Crippen LogP contribution is 2.37. The summed E-state index contributed by atoms with van der Waals surface area (Å²) in [5, 5.41) is 19.9. The van der Waals surface area contributed by atoms with Gasteiger partial charge in [0.05, 0.1) is 0 Å². The standard InChI is InChI=1S/C24H22F3N3O3S/c25-18-12-20(27)19(26)10-17(18)11-21-29-30-24(34-21)28-23(33)16-7-5-15(6-8-16)14-3-1-13(2-4-14)9-22(31)32/h5-8,10,12-14H,1-4,9,11H2,(H,31,32)(H,28,30,33). The summed E-state index contributed by atoms with van der Waals surface area (Å²) in [7, 11) is 0. The highest BCUT2D eigenvalue weighted by Gasteiger charge is 2.24. The molecule has 0 aliphatic heterocycles. The zero-order valence-electron chi connectivity index (χ0n) is 18.1. The van der Waals surface area contributed by atoms with E-state index in [-0.39, 0.29) is 35.4 Å². The molecular formula is C24H22F3N3O3S. The van der Waals surface area contributed by atoms with Gasteiger partial charge >= 0.3 is 5.97 Å². The first kappa shape index (κ1) is 23.9. The Balaban J connectivity index is 1.33. The van der Waals surface area contributed by atoms with E-state index in [9.17, 15) is 22.8 Å². The molecule has 1 fully saturated rings. The van der Waals surface area contributed by atoms with Crippen LogP contribution in [0.15, 0.2) is 36.4 Å². The summed E-state index contributed by atoms with van der Waals surface area (Å²) in [6, 6.07) is 8.55. The summed E-state index contributed by atoms with van der Waals surface area (Å²) < 4.78 is 40.3. The summed E-state index contributed by atoms with van der Waals surface area (Å²) in [5.41, 5.74) is 1.50. The van der Waals surface area contributed by atoms with E-state index in [4.69, 9.17) is 5.11 Å².